The summed E-state index contributed by atoms with van der Waals surface area (Å²) < 4.78 is 0. The second-order valence-corrected chi connectivity index (χ2v) is 6.33. The Morgan fingerprint density at radius 3 is 2.64 bits per heavy atom. The molecular weight excluding hydrogens is 316 g/mol. The maximum atomic E-state index is 11.0. The van der Waals surface area contributed by atoms with E-state index in [0.29, 0.717) is 5.02 Å². The number of rotatable bonds is 3. The van der Waals surface area contributed by atoms with Crippen molar-refractivity contribution < 1.29 is 4.79 Å². The van der Waals surface area contributed by atoms with Crippen molar-refractivity contribution in [1.29, 1.82) is 0 Å². The monoisotopic (exact) mass is 328 g/mol. The van der Waals surface area contributed by atoms with Gasteiger partial charge >= 0.3 is 0 Å². The largest absolute Gasteiger partial charge is 0.326 e. The number of nitrogens with one attached hydrogen (secondary N) is 1. The van der Waals surface area contributed by atoms with Crippen LogP contribution >= 0.6 is 23.4 Å². The van der Waals surface area contributed by atoms with Crippen molar-refractivity contribution in [3.05, 3.63) is 59.8 Å². The van der Waals surface area contributed by atoms with Crippen LogP contribution in [-0.4, -0.2) is 10.9 Å². The zero-order chi connectivity index (χ0) is 15.5. The minimum absolute atomic E-state index is 0.0718. The minimum Gasteiger partial charge on any atom is -0.326 e. The van der Waals surface area contributed by atoms with E-state index in [9.17, 15) is 4.79 Å². The average molecular weight is 329 g/mol. The quantitative estimate of drug-likeness (QED) is 0.735. The number of amides is 1. The summed E-state index contributed by atoms with van der Waals surface area (Å²) in [5.41, 5.74) is 1.68. The third-order valence-corrected chi connectivity index (χ3v) is 4.39. The molecule has 1 amide bonds. The molecule has 0 saturated heterocycles. The number of fused-ring (bicyclic) bond motifs is 1. The van der Waals surface area contributed by atoms with Crippen LogP contribution in [0.1, 0.15) is 6.92 Å². The molecule has 0 spiro atoms. The fourth-order valence-corrected chi connectivity index (χ4v) is 3.22. The molecular formula is C17H13ClN2OS. The predicted molar refractivity (Wildman–Crippen MR) is 91.6 cm³/mol. The van der Waals surface area contributed by atoms with Crippen molar-refractivity contribution in [2.75, 3.05) is 5.32 Å². The highest BCUT2D eigenvalue weighted by Gasteiger charge is 2.05. The van der Waals surface area contributed by atoms with Gasteiger partial charge in [0, 0.05) is 39.0 Å². The summed E-state index contributed by atoms with van der Waals surface area (Å²) in [4.78, 5) is 17.6. The van der Waals surface area contributed by atoms with E-state index >= 15 is 0 Å². The third kappa shape index (κ3) is 3.40. The Hall–Kier alpha value is -2.04. The lowest BCUT2D eigenvalue weighted by Crippen LogP contribution is -2.05. The SMILES string of the molecule is CC(=O)Nc1ccc(Sc2ccnc3cc(Cl)ccc23)cc1. The van der Waals surface area contributed by atoms with Crippen LogP contribution in [0, 0.1) is 0 Å². The van der Waals surface area contributed by atoms with Crippen LogP contribution in [0.5, 0.6) is 0 Å². The fraction of sp³-hybridized carbons (Fsp3) is 0.0588. The van der Waals surface area contributed by atoms with Crippen molar-refractivity contribution in [3.8, 4) is 0 Å². The Labute approximate surface area is 137 Å². The first-order chi connectivity index (χ1) is 10.6. The normalized spacial score (nSPS) is 10.6. The highest BCUT2D eigenvalue weighted by molar-refractivity contribution is 7.99. The van der Waals surface area contributed by atoms with Crippen LogP contribution in [-0.2, 0) is 4.79 Å². The lowest BCUT2D eigenvalue weighted by molar-refractivity contribution is -0.114. The Bertz CT molecular complexity index is 834. The Balaban J connectivity index is 1.88. The number of carbonyl (C=O) groups is 1. The van der Waals surface area contributed by atoms with E-state index in [2.05, 4.69) is 10.3 Å². The van der Waals surface area contributed by atoms with Crippen LogP contribution in [0.15, 0.2) is 64.5 Å². The minimum atomic E-state index is -0.0718. The number of hydrogen-bond donors (Lipinski definition) is 1. The van der Waals surface area contributed by atoms with Gasteiger partial charge in [0.2, 0.25) is 5.91 Å². The van der Waals surface area contributed by atoms with Crippen molar-refractivity contribution in [3.63, 3.8) is 0 Å². The van der Waals surface area contributed by atoms with Gasteiger partial charge in [-0.3, -0.25) is 9.78 Å². The highest BCUT2D eigenvalue weighted by atomic mass is 35.5. The smallest absolute Gasteiger partial charge is 0.221 e. The van der Waals surface area contributed by atoms with Crippen LogP contribution in [0.3, 0.4) is 0 Å². The predicted octanol–water partition coefficient (Wildman–Crippen LogP) is 5.00. The molecule has 2 aromatic carbocycles. The van der Waals surface area contributed by atoms with Gasteiger partial charge < -0.3 is 5.32 Å². The van der Waals surface area contributed by atoms with Gasteiger partial charge in [0.1, 0.15) is 0 Å². The molecule has 0 unspecified atom stereocenters. The number of anilines is 1. The molecule has 0 aliphatic carbocycles. The van der Waals surface area contributed by atoms with Gasteiger partial charge in [-0.1, -0.05) is 29.4 Å². The first-order valence-electron chi connectivity index (χ1n) is 6.71. The molecule has 3 aromatic rings. The van der Waals surface area contributed by atoms with E-state index in [1.807, 2.05) is 48.5 Å². The maximum Gasteiger partial charge on any atom is 0.221 e. The Morgan fingerprint density at radius 1 is 1.14 bits per heavy atom. The summed E-state index contributed by atoms with van der Waals surface area (Å²) >= 11 is 7.66. The number of carbonyl (C=O) groups excluding carboxylic acids is 1. The zero-order valence-electron chi connectivity index (χ0n) is 11.8. The van der Waals surface area contributed by atoms with Gasteiger partial charge in [0.15, 0.2) is 0 Å². The molecule has 0 radical (unpaired) electrons. The van der Waals surface area contributed by atoms with Crippen molar-refractivity contribution in [1.82, 2.24) is 4.98 Å². The summed E-state index contributed by atoms with van der Waals surface area (Å²) in [5.74, 6) is -0.0718. The number of aromatic nitrogens is 1. The number of nitrogens with zero attached hydrogens (tertiary/aromatic N) is 1. The highest BCUT2D eigenvalue weighted by Crippen LogP contribution is 2.34. The zero-order valence-corrected chi connectivity index (χ0v) is 13.4. The molecule has 0 fully saturated rings. The van der Waals surface area contributed by atoms with E-state index in [0.717, 1.165) is 26.4 Å². The molecule has 3 rings (SSSR count). The summed E-state index contributed by atoms with van der Waals surface area (Å²) in [6.45, 7) is 1.50. The Morgan fingerprint density at radius 2 is 1.91 bits per heavy atom. The molecule has 5 heteroatoms. The molecule has 0 aliphatic rings. The van der Waals surface area contributed by atoms with Crippen molar-refractivity contribution in [2.24, 2.45) is 0 Å². The standard InChI is InChI=1S/C17H13ClN2OS/c1-11(21)20-13-3-5-14(6-4-13)22-17-8-9-19-16-10-12(18)2-7-15(16)17/h2-10H,1H3,(H,20,21). The van der Waals surface area contributed by atoms with Crippen LogP contribution < -0.4 is 5.32 Å². The molecule has 3 nitrogen and oxygen atoms in total. The molecule has 110 valence electrons. The number of pyridine rings is 1. The van der Waals surface area contributed by atoms with Gasteiger partial charge in [-0.25, -0.2) is 0 Å². The first-order valence-corrected chi connectivity index (χ1v) is 7.91. The Kier molecular flexibility index (Phi) is 4.32. The summed E-state index contributed by atoms with van der Waals surface area (Å²) in [6.07, 6.45) is 1.78. The lowest BCUT2D eigenvalue weighted by atomic mass is 10.2. The van der Waals surface area contributed by atoms with E-state index in [1.165, 1.54) is 6.92 Å². The summed E-state index contributed by atoms with van der Waals surface area (Å²) in [5, 5.41) is 4.51. The second kappa shape index (κ2) is 6.38. The molecule has 1 aromatic heterocycles. The number of hydrogen-bond acceptors (Lipinski definition) is 3. The van der Waals surface area contributed by atoms with Gasteiger partial charge in [-0.15, -0.1) is 0 Å². The molecule has 0 atom stereocenters. The fourth-order valence-electron chi connectivity index (χ4n) is 2.12. The second-order valence-electron chi connectivity index (χ2n) is 4.78. The summed E-state index contributed by atoms with van der Waals surface area (Å²) in [7, 11) is 0. The molecule has 1 heterocycles. The summed E-state index contributed by atoms with van der Waals surface area (Å²) in [6, 6.07) is 15.5. The van der Waals surface area contributed by atoms with Crippen LogP contribution in [0.2, 0.25) is 5.02 Å². The molecule has 1 N–H and O–H groups in total. The van der Waals surface area contributed by atoms with E-state index < -0.39 is 0 Å². The maximum absolute atomic E-state index is 11.0. The lowest BCUT2D eigenvalue weighted by Gasteiger charge is -2.07. The van der Waals surface area contributed by atoms with Crippen LogP contribution in [0.4, 0.5) is 5.69 Å². The molecule has 0 bridgehead atoms. The third-order valence-electron chi connectivity index (χ3n) is 3.07. The number of halogens is 1. The average Bonchev–Trinajstić information content (AvgIpc) is 2.48. The van der Waals surface area contributed by atoms with Gasteiger partial charge in [-0.2, -0.15) is 0 Å². The molecule has 22 heavy (non-hydrogen) atoms. The van der Waals surface area contributed by atoms with Crippen LogP contribution in [0.25, 0.3) is 10.9 Å². The topological polar surface area (TPSA) is 42.0 Å². The molecule has 0 aliphatic heterocycles. The van der Waals surface area contributed by atoms with E-state index in [1.54, 1.807) is 18.0 Å². The van der Waals surface area contributed by atoms with Crippen molar-refractivity contribution in [2.45, 2.75) is 16.7 Å². The van der Waals surface area contributed by atoms with E-state index in [-0.39, 0.29) is 5.91 Å². The number of benzene rings is 2. The van der Waals surface area contributed by atoms with Gasteiger partial charge in [0.25, 0.3) is 0 Å². The first kappa shape index (κ1) is 14.9. The van der Waals surface area contributed by atoms with Crippen molar-refractivity contribution >= 4 is 45.9 Å². The van der Waals surface area contributed by atoms with Gasteiger partial charge in [0.05, 0.1) is 5.52 Å². The molecule has 0 saturated carbocycles. The van der Waals surface area contributed by atoms with Gasteiger partial charge in [-0.05, 0) is 42.5 Å². The van der Waals surface area contributed by atoms with E-state index in [4.69, 9.17) is 11.6 Å².